The molecule has 1 aliphatic carbocycles. The Balaban J connectivity index is 1.88. The Hall–Kier alpha value is -1.88. The maximum Gasteiger partial charge on any atom is 0.416 e. The first-order valence-corrected chi connectivity index (χ1v) is 8.11. The highest BCUT2D eigenvalue weighted by molar-refractivity contribution is 5.30. The number of nitrogens with zero attached hydrogens (tertiary/aromatic N) is 1. The van der Waals surface area contributed by atoms with Crippen LogP contribution in [0.3, 0.4) is 0 Å². The van der Waals surface area contributed by atoms with Crippen molar-refractivity contribution in [2.24, 2.45) is 5.41 Å². The van der Waals surface area contributed by atoms with Gasteiger partial charge in [0.15, 0.2) is 0 Å². The van der Waals surface area contributed by atoms with Gasteiger partial charge in [-0.3, -0.25) is 4.98 Å². The fraction of sp³-hybridized carbons (Fsp3) is 0.421. The van der Waals surface area contributed by atoms with Gasteiger partial charge in [0.1, 0.15) is 6.10 Å². The van der Waals surface area contributed by atoms with E-state index in [0.717, 1.165) is 37.0 Å². The van der Waals surface area contributed by atoms with Crippen LogP contribution in [0.15, 0.2) is 48.7 Å². The molecular formula is C19H20F3NO. The Labute approximate surface area is 139 Å². The Morgan fingerprint density at radius 1 is 1.08 bits per heavy atom. The van der Waals surface area contributed by atoms with Crippen molar-refractivity contribution in [1.82, 2.24) is 4.98 Å². The predicted molar refractivity (Wildman–Crippen MR) is 85.3 cm³/mol. The summed E-state index contributed by atoms with van der Waals surface area (Å²) in [6.07, 6.45) is -0.712. The number of hydrogen-bond acceptors (Lipinski definition) is 2. The lowest BCUT2D eigenvalue weighted by Crippen LogP contribution is -2.41. The average molecular weight is 335 g/mol. The van der Waals surface area contributed by atoms with Crippen LogP contribution in [0.2, 0.25) is 0 Å². The molecule has 1 aromatic carbocycles. The van der Waals surface area contributed by atoms with Gasteiger partial charge in [0.05, 0.1) is 11.3 Å². The minimum Gasteiger partial charge on any atom is -0.386 e. The first-order chi connectivity index (χ1) is 11.3. The van der Waals surface area contributed by atoms with Crippen molar-refractivity contribution in [2.45, 2.75) is 44.4 Å². The number of aliphatic hydroxyl groups excluding tert-OH is 1. The van der Waals surface area contributed by atoms with Crippen LogP contribution < -0.4 is 0 Å². The third-order valence-electron chi connectivity index (χ3n) is 5.40. The molecule has 1 saturated carbocycles. The zero-order chi connectivity index (χ0) is 17.4. The van der Waals surface area contributed by atoms with Crippen LogP contribution in [0, 0.1) is 5.41 Å². The summed E-state index contributed by atoms with van der Waals surface area (Å²) in [5, 5.41) is 10.9. The lowest BCUT2D eigenvalue weighted by atomic mass is 9.56. The summed E-state index contributed by atoms with van der Waals surface area (Å²) in [7, 11) is 0. The molecule has 1 aromatic heterocycles. The molecule has 0 saturated heterocycles. The number of halogens is 3. The summed E-state index contributed by atoms with van der Waals surface area (Å²) in [6.45, 7) is 1.98. The number of aliphatic hydroxyl groups is 1. The zero-order valence-electron chi connectivity index (χ0n) is 13.4. The second-order valence-corrected chi connectivity index (χ2v) is 6.59. The van der Waals surface area contributed by atoms with Gasteiger partial charge >= 0.3 is 6.18 Å². The number of rotatable bonds is 4. The Kier molecular flexibility index (Phi) is 4.38. The third-order valence-corrected chi connectivity index (χ3v) is 5.40. The van der Waals surface area contributed by atoms with Crippen molar-refractivity contribution in [2.75, 3.05) is 0 Å². The first kappa shape index (κ1) is 17.0. The largest absolute Gasteiger partial charge is 0.416 e. The van der Waals surface area contributed by atoms with Gasteiger partial charge in [0, 0.05) is 11.6 Å². The van der Waals surface area contributed by atoms with E-state index < -0.39 is 17.8 Å². The van der Waals surface area contributed by atoms with Crippen LogP contribution in [0.1, 0.15) is 55.0 Å². The van der Waals surface area contributed by atoms with E-state index in [1.165, 1.54) is 12.1 Å². The van der Waals surface area contributed by atoms with Crippen molar-refractivity contribution < 1.29 is 18.3 Å². The minimum absolute atomic E-state index is 0.0504. The molecule has 2 atom stereocenters. The van der Waals surface area contributed by atoms with Gasteiger partial charge in [0.25, 0.3) is 0 Å². The molecule has 2 aromatic rings. The lowest BCUT2D eigenvalue weighted by Gasteiger charge is -2.50. The zero-order valence-corrected chi connectivity index (χ0v) is 13.4. The van der Waals surface area contributed by atoms with Crippen molar-refractivity contribution in [3.05, 3.63) is 65.5 Å². The SMILES string of the molecule is CC(c1ccc(C(F)(F)F)cc1)C1(C(O)c2ccccn2)CCC1. The van der Waals surface area contributed by atoms with Gasteiger partial charge in [0.2, 0.25) is 0 Å². The van der Waals surface area contributed by atoms with E-state index in [-0.39, 0.29) is 11.3 Å². The highest BCUT2D eigenvalue weighted by Crippen LogP contribution is 2.58. The van der Waals surface area contributed by atoms with Crippen LogP contribution in [-0.2, 0) is 6.18 Å². The molecule has 2 unspecified atom stereocenters. The topological polar surface area (TPSA) is 33.1 Å². The molecule has 24 heavy (non-hydrogen) atoms. The van der Waals surface area contributed by atoms with E-state index in [0.29, 0.717) is 5.69 Å². The molecular weight excluding hydrogens is 315 g/mol. The van der Waals surface area contributed by atoms with Gasteiger partial charge < -0.3 is 5.11 Å². The standard InChI is InChI=1S/C19H20F3NO/c1-13(14-6-8-15(9-7-14)19(20,21)22)18(10-4-11-18)17(24)16-5-2-3-12-23-16/h2-3,5-9,12-13,17,24H,4,10-11H2,1H3. The maximum atomic E-state index is 12.7. The van der Waals surface area contributed by atoms with Crippen LogP contribution >= 0.6 is 0 Å². The Morgan fingerprint density at radius 2 is 1.75 bits per heavy atom. The van der Waals surface area contributed by atoms with Gasteiger partial charge in [-0.25, -0.2) is 0 Å². The normalized spacial score (nSPS) is 19.4. The molecule has 2 nitrogen and oxygen atoms in total. The van der Waals surface area contributed by atoms with Crippen LogP contribution in [0.5, 0.6) is 0 Å². The highest BCUT2D eigenvalue weighted by Gasteiger charge is 2.49. The molecule has 1 aliphatic rings. The molecule has 3 rings (SSSR count). The van der Waals surface area contributed by atoms with Gasteiger partial charge in [-0.1, -0.05) is 31.5 Å². The molecule has 0 spiro atoms. The number of hydrogen-bond donors (Lipinski definition) is 1. The molecule has 1 fully saturated rings. The number of benzene rings is 1. The number of aromatic nitrogens is 1. The maximum absolute atomic E-state index is 12.7. The Morgan fingerprint density at radius 3 is 2.21 bits per heavy atom. The predicted octanol–water partition coefficient (Wildman–Crippen LogP) is 5.11. The molecule has 128 valence electrons. The van der Waals surface area contributed by atoms with E-state index in [1.54, 1.807) is 18.3 Å². The second-order valence-electron chi connectivity index (χ2n) is 6.59. The third kappa shape index (κ3) is 2.93. The van der Waals surface area contributed by atoms with Crippen LogP contribution in [0.4, 0.5) is 13.2 Å². The molecule has 0 radical (unpaired) electrons. The molecule has 1 heterocycles. The van der Waals surface area contributed by atoms with Crippen LogP contribution in [0.25, 0.3) is 0 Å². The molecule has 0 amide bonds. The van der Waals surface area contributed by atoms with Crippen LogP contribution in [-0.4, -0.2) is 10.1 Å². The summed E-state index contributed by atoms with van der Waals surface area (Å²) >= 11 is 0. The van der Waals surface area contributed by atoms with Gasteiger partial charge in [-0.05, 0) is 48.6 Å². The van der Waals surface area contributed by atoms with Crippen molar-refractivity contribution in [1.29, 1.82) is 0 Å². The lowest BCUT2D eigenvalue weighted by molar-refractivity contribution is -0.137. The van der Waals surface area contributed by atoms with Crippen molar-refractivity contribution in [3.8, 4) is 0 Å². The summed E-state index contributed by atoms with van der Waals surface area (Å²) in [5.41, 5.74) is 0.425. The number of alkyl halides is 3. The smallest absolute Gasteiger partial charge is 0.386 e. The van der Waals surface area contributed by atoms with Gasteiger partial charge in [-0.2, -0.15) is 13.2 Å². The quantitative estimate of drug-likeness (QED) is 0.842. The van der Waals surface area contributed by atoms with E-state index in [9.17, 15) is 18.3 Å². The number of pyridine rings is 1. The van der Waals surface area contributed by atoms with Gasteiger partial charge in [-0.15, -0.1) is 0 Å². The summed E-state index contributed by atoms with van der Waals surface area (Å²) in [6, 6.07) is 10.7. The van der Waals surface area contributed by atoms with Crippen molar-refractivity contribution in [3.63, 3.8) is 0 Å². The van der Waals surface area contributed by atoms with E-state index in [2.05, 4.69) is 4.98 Å². The highest BCUT2D eigenvalue weighted by atomic mass is 19.4. The van der Waals surface area contributed by atoms with E-state index >= 15 is 0 Å². The molecule has 0 aliphatic heterocycles. The summed E-state index contributed by atoms with van der Waals surface area (Å²) < 4.78 is 38.2. The average Bonchev–Trinajstić information content (AvgIpc) is 2.54. The first-order valence-electron chi connectivity index (χ1n) is 8.11. The fourth-order valence-corrected chi connectivity index (χ4v) is 3.65. The molecule has 0 bridgehead atoms. The van der Waals surface area contributed by atoms with E-state index in [1.807, 2.05) is 13.0 Å². The molecule has 1 N–H and O–H groups in total. The monoisotopic (exact) mass is 335 g/mol. The molecule has 5 heteroatoms. The second kappa shape index (κ2) is 6.20. The van der Waals surface area contributed by atoms with Crippen molar-refractivity contribution >= 4 is 0 Å². The summed E-state index contributed by atoms with van der Waals surface area (Å²) in [5.74, 6) is -0.0504. The minimum atomic E-state index is -4.33. The van der Waals surface area contributed by atoms with E-state index in [4.69, 9.17) is 0 Å². The Bertz CT molecular complexity index is 678. The summed E-state index contributed by atoms with van der Waals surface area (Å²) in [4.78, 5) is 4.25. The fourth-order valence-electron chi connectivity index (χ4n) is 3.65.